The third kappa shape index (κ3) is 2.70. The lowest BCUT2D eigenvalue weighted by Crippen LogP contribution is -2.04. The smallest absolute Gasteiger partial charge is 0.124 e. The van der Waals surface area contributed by atoms with Crippen molar-refractivity contribution in [3.05, 3.63) is 65.2 Å². The summed E-state index contributed by atoms with van der Waals surface area (Å²) in [7, 11) is 0. The van der Waals surface area contributed by atoms with Crippen LogP contribution in [0.4, 0.5) is 0 Å². The molecule has 18 heavy (non-hydrogen) atoms. The van der Waals surface area contributed by atoms with Gasteiger partial charge in [0.05, 0.1) is 11.6 Å². The van der Waals surface area contributed by atoms with Crippen molar-refractivity contribution in [1.82, 2.24) is 0 Å². The van der Waals surface area contributed by atoms with Crippen LogP contribution in [0.3, 0.4) is 0 Å². The van der Waals surface area contributed by atoms with Crippen LogP contribution in [0.25, 0.3) is 0 Å². The summed E-state index contributed by atoms with van der Waals surface area (Å²) in [5.41, 5.74) is 2.78. The van der Waals surface area contributed by atoms with E-state index in [4.69, 9.17) is 10.00 Å². The Labute approximate surface area is 107 Å². The van der Waals surface area contributed by atoms with E-state index in [1.807, 2.05) is 50.2 Å². The SMILES string of the molecule is Cc1ccc(C#N)cc1OC(C)c1ccccc1. The monoisotopic (exact) mass is 237 g/mol. The van der Waals surface area contributed by atoms with Crippen molar-refractivity contribution in [3.8, 4) is 11.8 Å². The van der Waals surface area contributed by atoms with Crippen LogP contribution in [0.15, 0.2) is 48.5 Å². The number of rotatable bonds is 3. The number of hydrogen-bond acceptors (Lipinski definition) is 2. The van der Waals surface area contributed by atoms with Crippen LogP contribution < -0.4 is 4.74 Å². The van der Waals surface area contributed by atoms with Crippen LogP contribution in [0.2, 0.25) is 0 Å². The number of hydrogen-bond donors (Lipinski definition) is 0. The molecule has 1 unspecified atom stereocenters. The number of ether oxygens (including phenoxy) is 1. The zero-order valence-corrected chi connectivity index (χ0v) is 10.6. The molecule has 0 spiro atoms. The molecule has 0 amide bonds. The second kappa shape index (κ2) is 5.37. The first-order valence-electron chi connectivity index (χ1n) is 5.93. The summed E-state index contributed by atoms with van der Waals surface area (Å²) in [6, 6.07) is 17.7. The van der Waals surface area contributed by atoms with Crippen LogP contribution in [0.1, 0.15) is 29.7 Å². The number of benzene rings is 2. The van der Waals surface area contributed by atoms with Gasteiger partial charge in [-0.1, -0.05) is 36.4 Å². The van der Waals surface area contributed by atoms with Crippen molar-refractivity contribution in [2.24, 2.45) is 0 Å². The van der Waals surface area contributed by atoms with E-state index in [0.29, 0.717) is 5.56 Å². The molecule has 0 saturated carbocycles. The Morgan fingerprint density at radius 1 is 1.11 bits per heavy atom. The fourth-order valence-corrected chi connectivity index (χ4v) is 1.78. The molecule has 90 valence electrons. The first-order valence-corrected chi connectivity index (χ1v) is 5.93. The molecule has 0 saturated heterocycles. The predicted molar refractivity (Wildman–Crippen MR) is 71.4 cm³/mol. The van der Waals surface area contributed by atoms with Crippen molar-refractivity contribution < 1.29 is 4.74 Å². The van der Waals surface area contributed by atoms with Gasteiger partial charge in [0.15, 0.2) is 0 Å². The van der Waals surface area contributed by atoms with Crippen LogP contribution >= 0.6 is 0 Å². The maximum Gasteiger partial charge on any atom is 0.124 e. The van der Waals surface area contributed by atoms with Crippen LogP contribution in [-0.4, -0.2) is 0 Å². The minimum absolute atomic E-state index is 0.0288. The molecule has 0 bridgehead atoms. The summed E-state index contributed by atoms with van der Waals surface area (Å²) >= 11 is 0. The van der Waals surface area contributed by atoms with Crippen LogP contribution in [0, 0.1) is 18.3 Å². The Bertz CT molecular complexity index is 569. The van der Waals surface area contributed by atoms with Crippen LogP contribution in [-0.2, 0) is 0 Å². The molecule has 0 aromatic heterocycles. The molecule has 0 aliphatic carbocycles. The van der Waals surface area contributed by atoms with Gasteiger partial charge in [0.25, 0.3) is 0 Å². The van der Waals surface area contributed by atoms with E-state index < -0.39 is 0 Å². The minimum Gasteiger partial charge on any atom is -0.486 e. The largest absolute Gasteiger partial charge is 0.486 e. The molecule has 2 nitrogen and oxygen atoms in total. The van der Waals surface area contributed by atoms with Gasteiger partial charge in [-0.15, -0.1) is 0 Å². The Balaban J connectivity index is 2.22. The Kier molecular flexibility index (Phi) is 3.64. The van der Waals surface area contributed by atoms with Crippen molar-refractivity contribution >= 4 is 0 Å². The highest BCUT2D eigenvalue weighted by Gasteiger charge is 2.09. The summed E-state index contributed by atoms with van der Waals surface area (Å²) in [5, 5.41) is 8.90. The van der Waals surface area contributed by atoms with E-state index >= 15 is 0 Å². The molecule has 2 aromatic rings. The van der Waals surface area contributed by atoms with Crippen LogP contribution in [0.5, 0.6) is 5.75 Å². The molecule has 2 rings (SSSR count). The van der Waals surface area contributed by atoms with Gasteiger partial charge in [-0.3, -0.25) is 0 Å². The van der Waals surface area contributed by atoms with E-state index in [2.05, 4.69) is 6.07 Å². The molecule has 0 heterocycles. The molecule has 0 radical (unpaired) electrons. The first-order chi connectivity index (χ1) is 8.70. The highest BCUT2D eigenvalue weighted by molar-refractivity contribution is 5.42. The molecule has 0 fully saturated rings. The normalized spacial score (nSPS) is 11.6. The topological polar surface area (TPSA) is 33.0 Å². The maximum absolute atomic E-state index is 8.90. The van der Waals surface area contributed by atoms with Crippen molar-refractivity contribution in [1.29, 1.82) is 5.26 Å². The summed E-state index contributed by atoms with van der Waals surface area (Å²) in [4.78, 5) is 0. The molecule has 2 heteroatoms. The summed E-state index contributed by atoms with van der Waals surface area (Å²) in [6.07, 6.45) is -0.0288. The zero-order chi connectivity index (χ0) is 13.0. The zero-order valence-electron chi connectivity index (χ0n) is 10.6. The molecular formula is C16H15NO. The Morgan fingerprint density at radius 2 is 1.83 bits per heavy atom. The van der Waals surface area contributed by atoms with Gasteiger partial charge < -0.3 is 4.74 Å². The van der Waals surface area contributed by atoms with Gasteiger partial charge in [-0.05, 0) is 37.1 Å². The molecule has 1 atom stereocenters. The molecule has 0 aliphatic rings. The van der Waals surface area contributed by atoms with Gasteiger partial charge in [0, 0.05) is 0 Å². The molecule has 0 aliphatic heterocycles. The van der Waals surface area contributed by atoms with Crippen molar-refractivity contribution in [2.45, 2.75) is 20.0 Å². The average molecular weight is 237 g/mol. The third-order valence-electron chi connectivity index (χ3n) is 2.89. The second-order valence-electron chi connectivity index (χ2n) is 4.26. The van der Waals surface area contributed by atoms with Gasteiger partial charge >= 0.3 is 0 Å². The summed E-state index contributed by atoms with van der Waals surface area (Å²) < 4.78 is 5.92. The van der Waals surface area contributed by atoms with Crippen molar-refractivity contribution in [2.75, 3.05) is 0 Å². The minimum atomic E-state index is -0.0288. The van der Waals surface area contributed by atoms with E-state index in [0.717, 1.165) is 16.9 Å². The van der Waals surface area contributed by atoms with Gasteiger partial charge in [0.1, 0.15) is 11.9 Å². The lowest BCUT2D eigenvalue weighted by atomic mass is 10.1. The van der Waals surface area contributed by atoms with E-state index in [1.165, 1.54) is 0 Å². The standard InChI is InChI=1S/C16H15NO/c1-12-8-9-14(11-17)10-16(12)18-13(2)15-6-4-3-5-7-15/h3-10,13H,1-2H3. The fourth-order valence-electron chi connectivity index (χ4n) is 1.78. The van der Waals surface area contributed by atoms with Gasteiger partial charge in [-0.25, -0.2) is 0 Å². The lowest BCUT2D eigenvalue weighted by Gasteiger charge is -2.16. The Hall–Kier alpha value is -2.27. The number of nitrogens with zero attached hydrogens (tertiary/aromatic N) is 1. The molecule has 0 N–H and O–H groups in total. The first kappa shape index (κ1) is 12.2. The predicted octanol–water partition coefficient (Wildman–Crippen LogP) is 4.01. The quantitative estimate of drug-likeness (QED) is 0.808. The summed E-state index contributed by atoms with van der Waals surface area (Å²) in [6.45, 7) is 3.99. The fraction of sp³-hybridized carbons (Fsp3) is 0.188. The Morgan fingerprint density at radius 3 is 2.50 bits per heavy atom. The number of nitriles is 1. The lowest BCUT2D eigenvalue weighted by molar-refractivity contribution is 0.225. The highest BCUT2D eigenvalue weighted by Crippen LogP contribution is 2.25. The number of aryl methyl sites for hydroxylation is 1. The third-order valence-corrected chi connectivity index (χ3v) is 2.89. The molecule has 2 aromatic carbocycles. The van der Waals surface area contributed by atoms with Gasteiger partial charge in [0.2, 0.25) is 0 Å². The molecular weight excluding hydrogens is 222 g/mol. The average Bonchev–Trinajstić information content (AvgIpc) is 2.42. The van der Waals surface area contributed by atoms with E-state index in [9.17, 15) is 0 Å². The van der Waals surface area contributed by atoms with E-state index in [1.54, 1.807) is 12.1 Å². The maximum atomic E-state index is 8.90. The van der Waals surface area contributed by atoms with Crippen molar-refractivity contribution in [3.63, 3.8) is 0 Å². The second-order valence-corrected chi connectivity index (χ2v) is 4.26. The van der Waals surface area contributed by atoms with Gasteiger partial charge in [-0.2, -0.15) is 5.26 Å². The summed E-state index contributed by atoms with van der Waals surface area (Å²) in [5.74, 6) is 0.769. The van der Waals surface area contributed by atoms with E-state index in [-0.39, 0.29) is 6.10 Å². The highest BCUT2D eigenvalue weighted by atomic mass is 16.5.